The predicted molar refractivity (Wildman–Crippen MR) is 98.9 cm³/mol. The van der Waals surface area contributed by atoms with Crippen LogP contribution < -0.4 is 10.2 Å². The molecule has 1 aromatic carbocycles. The molecular weight excluding hydrogens is 314 g/mol. The highest BCUT2D eigenvalue weighted by Gasteiger charge is 2.35. The van der Waals surface area contributed by atoms with Gasteiger partial charge in [0.15, 0.2) is 0 Å². The lowest BCUT2D eigenvalue weighted by Crippen LogP contribution is -2.51. The molecule has 3 aliphatic rings. The monoisotopic (exact) mass is 343 g/mol. The second-order valence-electron chi connectivity index (χ2n) is 7.66. The maximum Gasteiger partial charge on any atom is 0.317 e. The maximum absolute atomic E-state index is 12.8. The topological polar surface area (TPSA) is 44.8 Å². The third-order valence-corrected chi connectivity index (χ3v) is 5.67. The highest BCUT2D eigenvalue weighted by atomic mass is 16.5. The average molecular weight is 343 g/mol. The molecule has 2 amide bonds. The van der Waals surface area contributed by atoms with E-state index in [4.69, 9.17) is 4.74 Å². The fourth-order valence-electron chi connectivity index (χ4n) is 3.97. The minimum absolute atomic E-state index is 0.146. The summed E-state index contributed by atoms with van der Waals surface area (Å²) in [4.78, 5) is 17.3. The normalized spacial score (nSPS) is 24.3. The summed E-state index contributed by atoms with van der Waals surface area (Å²) in [7, 11) is 0. The second-order valence-corrected chi connectivity index (χ2v) is 7.66. The fraction of sp³-hybridized carbons (Fsp3) is 0.650. The van der Waals surface area contributed by atoms with E-state index in [1.54, 1.807) is 0 Å². The Morgan fingerprint density at radius 1 is 1.12 bits per heavy atom. The van der Waals surface area contributed by atoms with Gasteiger partial charge in [-0.3, -0.25) is 0 Å². The lowest BCUT2D eigenvalue weighted by atomic mass is 10.0. The standard InChI is InChI=1S/C20H29N3O2/c24-20(23(19-6-7-19)14-16-10-13-25-15-16)21-17-8-11-22(12-9-17)18-4-2-1-3-5-18/h1-5,16-17,19H,6-15H2,(H,21,24). The molecule has 2 saturated heterocycles. The Bertz CT molecular complexity index is 562. The zero-order chi connectivity index (χ0) is 17.1. The van der Waals surface area contributed by atoms with E-state index in [-0.39, 0.29) is 6.03 Å². The molecule has 5 heteroatoms. The van der Waals surface area contributed by atoms with Crippen LogP contribution in [0.2, 0.25) is 0 Å². The number of carbonyl (C=O) groups excluding carboxylic acids is 1. The van der Waals surface area contributed by atoms with Crippen LogP contribution >= 0.6 is 0 Å². The number of carbonyl (C=O) groups is 1. The van der Waals surface area contributed by atoms with Crippen molar-refractivity contribution in [1.29, 1.82) is 0 Å². The van der Waals surface area contributed by atoms with Gasteiger partial charge >= 0.3 is 6.03 Å². The zero-order valence-electron chi connectivity index (χ0n) is 14.9. The highest BCUT2D eigenvalue weighted by Crippen LogP contribution is 2.29. The van der Waals surface area contributed by atoms with E-state index in [2.05, 4.69) is 45.4 Å². The molecule has 1 aliphatic carbocycles. The first-order valence-corrected chi connectivity index (χ1v) is 9.74. The lowest BCUT2D eigenvalue weighted by molar-refractivity contribution is 0.159. The number of benzene rings is 1. The molecule has 1 aromatic rings. The van der Waals surface area contributed by atoms with Gasteiger partial charge < -0.3 is 19.9 Å². The number of nitrogens with one attached hydrogen (secondary N) is 1. The fourth-order valence-corrected chi connectivity index (χ4v) is 3.97. The van der Waals surface area contributed by atoms with Gasteiger partial charge in [-0.15, -0.1) is 0 Å². The lowest BCUT2D eigenvalue weighted by Gasteiger charge is -2.35. The molecule has 0 spiro atoms. The van der Waals surface area contributed by atoms with E-state index in [1.165, 1.54) is 5.69 Å². The van der Waals surface area contributed by atoms with E-state index in [9.17, 15) is 4.79 Å². The van der Waals surface area contributed by atoms with Crippen LogP contribution in [0.1, 0.15) is 32.1 Å². The Balaban J connectivity index is 1.27. The van der Waals surface area contributed by atoms with Crippen molar-refractivity contribution >= 4 is 11.7 Å². The molecule has 0 bridgehead atoms. The first-order valence-electron chi connectivity index (χ1n) is 9.74. The number of hydrogen-bond donors (Lipinski definition) is 1. The number of rotatable bonds is 5. The summed E-state index contributed by atoms with van der Waals surface area (Å²) in [5.74, 6) is 0.520. The van der Waals surface area contributed by atoms with Gasteiger partial charge in [-0.25, -0.2) is 4.79 Å². The van der Waals surface area contributed by atoms with Crippen molar-refractivity contribution in [2.24, 2.45) is 5.92 Å². The molecule has 1 saturated carbocycles. The number of hydrogen-bond acceptors (Lipinski definition) is 3. The van der Waals surface area contributed by atoms with Gasteiger partial charge in [0.2, 0.25) is 0 Å². The van der Waals surface area contributed by atoms with E-state index >= 15 is 0 Å². The predicted octanol–water partition coefficient (Wildman–Crippen LogP) is 2.87. The minimum atomic E-state index is 0.146. The van der Waals surface area contributed by atoms with Crippen LogP contribution in [0.15, 0.2) is 30.3 Å². The van der Waals surface area contributed by atoms with Gasteiger partial charge in [0, 0.05) is 49.9 Å². The zero-order valence-corrected chi connectivity index (χ0v) is 14.9. The Labute approximate surface area is 150 Å². The summed E-state index contributed by atoms with van der Waals surface area (Å²) >= 11 is 0. The quantitative estimate of drug-likeness (QED) is 0.894. The van der Waals surface area contributed by atoms with E-state index in [0.717, 1.165) is 65.0 Å². The van der Waals surface area contributed by atoms with Crippen molar-refractivity contribution in [2.45, 2.75) is 44.2 Å². The summed E-state index contributed by atoms with van der Waals surface area (Å²) in [5.41, 5.74) is 1.29. The number of para-hydroxylation sites is 1. The van der Waals surface area contributed by atoms with Crippen molar-refractivity contribution in [1.82, 2.24) is 10.2 Å². The van der Waals surface area contributed by atoms with Crippen molar-refractivity contribution < 1.29 is 9.53 Å². The SMILES string of the molecule is O=C(NC1CCN(c2ccccc2)CC1)N(CC1CCOC1)C1CC1. The maximum atomic E-state index is 12.8. The third-order valence-electron chi connectivity index (χ3n) is 5.67. The first-order chi connectivity index (χ1) is 12.3. The molecule has 1 atom stereocenters. The molecule has 25 heavy (non-hydrogen) atoms. The molecule has 5 nitrogen and oxygen atoms in total. The van der Waals surface area contributed by atoms with Crippen LogP contribution in [-0.2, 0) is 4.74 Å². The van der Waals surface area contributed by atoms with Gasteiger partial charge in [0.05, 0.1) is 6.61 Å². The molecular formula is C20H29N3O2. The van der Waals surface area contributed by atoms with Crippen molar-refractivity contribution in [2.75, 3.05) is 37.7 Å². The molecule has 3 fully saturated rings. The van der Waals surface area contributed by atoms with Crippen molar-refractivity contribution in [3.05, 3.63) is 30.3 Å². The number of piperidine rings is 1. The molecule has 0 radical (unpaired) electrons. The molecule has 136 valence electrons. The first kappa shape index (κ1) is 16.7. The summed E-state index contributed by atoms with van der Waals surface area (Å²) in [5, 5.41) is 3.31. The summed E-state index contributed by atoms with van der Waals surface area (Å²) in [6.45, 7) is 4.54. The van der Waals surface area contributed by atoms with E-state index < -0.39 is 0 Å². The molecule has 4 rings (SSSR count). The average Bonchev–Trinajstić information content (AvgIpc) is 3.36. The molecule has 2 aliphatic heterocycles. The highest BCUT2D eigenvalue weighted by molar-refractivity contribution is 5.75. The van der Waals surface area contributed by atoms with Gasteiger partial charge in [0.1, 0.15) is 0 Å². The van der Waals surface area contributed by atoms with Crippen LogP contribution in [-0.4, -0.2) is 55.9 Å². The van der Waals surface area contributed by atoms with E-state index in [1.807, 2.05) is 0 Å². The van der Waals surface area contributed by atoms with E-state index in [0.29, 0.717) is 18.0 Å². The third kappa shape index (κ3) is 4.27. The van der Waals surface area contributed by atoms with Crippen molar-refractivity contribution in [3.63, 3.8) is 0 Å². The van der Waals surface area contributed by atoms with Gasteiger partial charge in [0.25, 0.3) is 0 Å². The molecule has 1 N–H and O–H groups in total. The smallest absolute Gasteiger partial charge is 0.317 e. The van der Waals surface area contributed by atoms with Crippen LogP contribution in [0.4, 0.5) is 10.5 Å². The largest absolute Gasteiger partial charge is 0.381 e. The van der Waals surface area contributed by atoms with Crippen LogP contribution in [0.5, 0.6) is 0 Å². The van der Waals surface area contributed by atoms with Gasteiger partial charge in [-0.2, -0.15) is 0 Å². The van der Waals surface area contributed by atoms with Crippen LogP contribution in [0, 0.1) is 5.92 Å². The Hall–Kier alpha value is -1.75. The summed E-state index contributed by atoms with van der Waals surface area (Å²) in [6, 6.07) is 11.5. The summed E-state index contributed by atoms with van der Waals surface area (Å²) in [6.07, 6.45) is 5.45. The summed E-state index contributed by atoms with van der Waals surface area (Å²) < 4.78 is 5.48. The Kier molecular flexibility index (Phi) is 5.11. The number of anilines is 1. The molecule has 2 heterocycles. The van der Waals surface area contributed by atoms with Crippen molar-refractivity contribution in [3.8, 4) is 0 Å². The van der Waals surface area contributed by atoms with Crippen LogP contribution in [0.3, 0.4) is 0 Å². The van der Waals surface area contributed by atoms with Crippen LogP contribution in [0.25, 0.3) is 0 Å². The molecule has 0 aromatic heterocycles. The number of urea groups is 1. The number of amides is 2. The number of ether oxygens (including phenoxy) is 1. The number of nitrogens with zero attached hydrogens (tertiary/aromatic N) is 2. The Morgan fingerprint density at radius 2 is 1.88 bits per heavy atom. The molecule has 1 unspecified atom stereocenters. The second kappa shape index (κ2) is 7.65. The van der Waals surface area contributed by atoms with Gasteiger partial charge in [-0.05, 0) is 44.2 Å². The van der Waals surface area contributed by atoms with Gasteiger partial charge in [-0.1, -0.05) is 18.2 Å². The minimum Gasteiger partial charge on any atom is -0.381 e. The Morgan fingerprint density at radius 3 is 2.52 bits per heavy atom.